The number of ether oxygens (including phenoxy) is 3. The lowest BCUT2D eigenvalue weighted by atomic mass is 10.0. The fourth-order valence-corrected chi connectivity index (χ4v) is 2.87. The Balaban J connectivity index is 1.84. The molecule has 6 nitrogen and oxygen atoms in total. The number of nitrogens with zero attached hydrogens (tertiary/aromatic N) is 2. The molecule has 2 fully saturated rings. The average molecular weight is 292 g/mol. The summed E-state index contributed by atoms with van der Waals surface area (Å²) in [5.41, 5.74) is 0.247. The van der Waals surface area contributed by atoms with Crippen molar-refractivity contribution in [3.05, 3.63) is 23.9 Å². The second-order valence-corrected chi connectivity index (χ2v) is 5.35. The van der Waals surface area contributed by atoms with E-state index in [-0.39, 0.29) is 11.6 Å². The third kappa shape index (κ3) is 2.87. The van der Waals surface area contributed by atoms with E-state index in [0.29, 0.717) is 44.3 Å². The molecule has 1 atom stereocenters. The molecule has 0 amide bonds. The molecule has 0 radical (unpaired) electrons. The zero-order chi connectivity index (χ0) is 14.7. The first-order chi connectivity index (χ1) is 10.2. The van der Waals surface area contributed by atoms with Crippen LogP contribution >= 0.6 is 0 Å². The molecule has 0 N–H and O–H groups in total. The maximum atomic E-state index is 12.1. The van der Waals surface area contributed by atoms with E-state index in [1.807, 2.05) is 0 Å². The molecule has 2 aliphatic heterocycles. The molecular weight excluding hydrogens is 272 g/mol. The van der Waals surface area contributed by atoms with Crippen molar-refractivity contribution in [2.24, 2.45) is 0 Å². The van der Waals surface area contributed by atoms with Crippen LogP contribution in [-0.4, -0.2) is 56.1 Å². The Labute approximate surface area is 124 Å². The zero-order valence-corrected chi connectivity index (χ0v) is 12.2. The molecule has 6 heteroatoms. The SMILES string of the molecule is CCOC(=O)c1cccnc1N1CCOC2(CCOC2)C1. The number of esters is 1. The molecular formula is C15H20N2O4. The Kier molecular flexibility index (Phi) is 4.07. The van der Waals surface area contributed by atoms with Crippen molar-refractivity contribution < 1.29 is 19.0 Å². The van der Waals surface area contributed by atoms with Crippen LogP contribution in [0, 0.1) is 0 Å². The Morgan fingerprint density at radius 2 is 2.43 bits per heavy atom. The molecule has 3 rings (SSSR count). The summed E-state index contributed by atoms with van der Waals surface area (Å²) in [6.07, 6.45) is 2.58. The Morgan fingerprint density at radius 1 is 1.52 bits per heavy atom. The maximum Gasteiger partial charge on any atom is 0.341 e. The number of hydrogen-bond acceptors (Lipinski definition) is 6. The van der Waals surface area contributed by atoms with Crippen LogP contribution < -0.4 is 4.90 Å². The smallest absolute Gasteiger partial charge is 0.341 e. The Bertz CT molecular complexity index is 514. The summed E-state index contributed by atoms with van der Waals surface area (Å²) >= 11 is 0. The van der Waals surface area contributed by atoms with Gasteiger partial charge in [0.05, 0.1) is 26.4 Å². The Morgan fingerprint density at radius 3 is 3.19 bits per heavy atom. The second-order valence-electron chi connectivity index (χ2n) is 5.35. The first kappa shape index (κ1) is 14.3. The normalized spacial score (nSPS) is 25.3. The largest absolute Gasteiger partial charge is 0.462 e. The van der Waals surface area contributed by atoms with Gasteiger partial charge in [-0.15, -0.1) is 0 Å². The standard InChI is InChI=1S/C15H20N2O4/c1-2-20-14(18)12-4-3-6-16-13(12)17-7-9-21-15(10-17)5-8-19-11-15/h3-4,6H,2,5,7-11H2,1H3. The summed E-state index contributed by atoms with van der Waals surface area (Å²) in [6.45, 7) is 5.50. The fraction of sp³-hybridized carbons (Fsp3) is 0.600. The number of anilines is 1. The van der Waals surface area contributed by atoms with Crippen LogP contribution in [0.2, 0.25) is 0 Å². The molecule has 1 aromatic heterocycles. The summed E-state index contributed by atoms with van der Waals surface area (Å²) in [5, 5.41) is 0. The predicted octanol–water partition coefficient (Wildman–Crippen LogP) is 1.25. The molecule has 1 spiro atoms. The first-order valence-corrected chi connectivity index (χ1v) is 7.33. The van der Waals surface area contributed by atoms with Crippen molar-refractivity contribution in [3.63, 3.8) is 0 Å². The number of carbonyl (C=O) groups is 1. The lowest BCUT2D eigenvalue weighted by Crippen LogP contribution is -2.53. The van der Waals surface area contributed by atoms with E-state index in [1.54, 1.807) is 25.3 Å². The zero-order valence-electron chi connectivity index (χ0n) is 12.2. The van der Waals surface area contributed by atoms with Gasteiger partial charge >= 0.3 is 5.97 Å². The van der Waals surface area contributed by atoms with E-state index in [1.165, 1.54) is 0 Å². The van der Waals surface area contributed by atoms with Crippen molar-refractivity contribution in [2.45, 2.75) is 18.9 Å². The monoisotopic (exact) mass is 292 g/mol. The van der Waals surface area contributed by atoms with Crippen LogP contribution in [0.5, 0.6) is 0 Å². The molecule has 21 heavy (non-hydrogen) atoms. The van der Waals surface area contributed by atoms with Crippen molar-refractivity contribution in [1.29, 1.82) is 0 Å². The molecule has 0 aliphatic carbocycles. The number of pyridine rings is 1. The van der Waals surface area contributed by atoms with E-state index >= 15 is 0 Å². The third-order valence-corrected chi connectivity index (χ3v) is 3.90. The molecule has 1 aromatic rings. The van der Waals surface area contributed by atoms with Crippen molar-refractivity contribution >= 4 is 11.8 Å². The van der Waals surface area contributed by atoms with Gasteiger partial charge < -0.3 is 19.1 Å². The summed E-state index contributed by atoms with van der Waals surface area (Å²) < 4.78 is 16.5. The fourth-order valence-electron chi connectivity index (χ4n) is 2.87. The van der Waals surface area contributed by atoms with Gasteiger partial charge in [0.1, 0.15) is 17.0 Å². The molecule has 0 aromatic carbocycles. The van der Waals surface area contributed by atoms with Gasteiger partial charge in [0, 0.05) is 25.8 Å². The van der Waals surface area contributed by atoms with Crippen molar-refractivity contribution in [2.75, 3.05) is 44.4 Å². The van der Waals surface area contributed by atoms with Gasteiger partial charge in [0.25, 0.3) is 0 Å². The van der Waals surface area contributed by atoms with E-state index in [0.717, 1.165) is 13.0 Å². The van der Waals surface area contributed by atoms with Crippen LogP contribution in [0.1, 0.15) is 23.7 Å². The number of aromatic nitrogens is 1. The minimum absolute atomic E-state index is 0.262. The van der Waals surface area contributed by atoms with Crippen LogP contribution in [0.25, 0.3) is 0 Å². The van der Waals surface area contributed by atoms with Gasteiger partial charge in [0.15, 0.2) is 0 Å². The highest BCUT2D eigenvalue weighted by molar-refractivity contribution is 5.94. The number of rotatable bonds is 3. The average Bonchev–Trinajstić information content (AvgIpc) is 2.95. The van der Waals surface area contributed by atoms with Crippen LogP contribution in [0.3, 0.4) is 0 Å². The van der Waals surface area contributed by atoms with Crippen LogP contribution in [0.4, 0.5) is 5.82 Å². The van der Waals surface area contributed by atoms with Gasteiger partial charge in [-0.1, -0.05) is 0 Å². The topological polar surface area (TPSA) is 60.9 Å². The van der Waals surface area contributed by atoms with Gasteiger partial charge in [0.2, 0.25) is 0 Å². The lowest BCUT2D eigenvalue weighted by molar-refractivity contribution is -0.0581. The summed E-state index contributed by atoms with van der Waals surface area (Å²) in [5.74, 6) is 0.342. The van der Waals surface area contributed by atoms with Gasteiger partial charge in [-0.2, -0.15) is 0 Å². The van der Waals surface area contributed by atoms with Gasteiger partial charge in [-0.25, -0.2) is 9.78 Å². The minimum Gasteiger partial charge on any atom is -0.462 e. The molecule has 2 saturated heterocycles. The van der Waals surface area contributed by atoms with Gasteiger partial charge in [-0.3, -0.25) is 0 Å². The minimum atomic E-state index is -0.330. The highest BCUT2D eigenvalue weighted by Gasteiger charge is 2.41. The summed E-state index contributed by atoms with van der Waals surface area (Å²) in [7, 11) is 0. The first-order valence-electron chi connectivity index (χ1n) is 7.33. The molecule has 3 heterocycles. The number of carbonyl (C=O) groups excluding carboxylic acids is 1. The van der Waals surface area contributed by atoms with Crippen LogP contribution in [0.15, 0.2) is 18.3 Å². The molecule has 2 aliphatic rings. The quantitative estimate of drug-likeness (QED) is 0.782. The summed E-state index contributed by atoms with van der Waals surface area (Å²) in [6, 6.07) is 3.51. The highest BCUT2D eigenvalue weighted by Crippen LogP contribution is 2.30. The van der Waals surface area contributed by atoms with Crippen molar-refractivity contribution in [3.8, 4) is 0 Å². The lowest BCUT2D eigenvalue weighted by Gasteiger charge is -2.40. The van der Waals surface area contributed by atoms with Crippen LogP contribution in [-0.2, 0) is 14.2 Å². The molecule has 0 bridgehead atoms. The van der Waals surface area contributed by atoms with Gasteiger partial charge in [-0.05, 0) is 19.1 Å². The number of hydrogen-bond donors (Lipinski definition) is 0. The summed E-state index contributed by atoms with van der Waals surface area (Å²) in [4.78, 5) is 18.6. The van der Waals surface area contributed by atoms with E-state index < -0.39 is 0 Å². The number of morpholine rings is 1. The predicted molar refractivity (Wildman–Crippen MR) is 76.5 cm³/mol. The van der Waals surface area contributed by atoms with E-state index in [4.69, 9.17) is 14.2 Å². The van der Waals surface area contributed by atoms with Crippen molar-refractivity contribution in [1.82, 2.24) is 4.98 Å². The van der Waals surface area contributed by atoms with E-state index in [2.05, 4.69) is 9.88 Å². The second kappa shape index (κ2) is 5.99. The Hall–Kier alpha value is -1.66. The third-order valence-electron chi connectivity index (χ3n) is 3.90. The van der Waals surface area contributed by atoms with E-state index in [9.17, 15) is 4.79 Å². The maximum absolute atomic E-state index is 12.1. The molecule has 114 valence electrons. The molecule has 1 unspecified atom stereocenters. The molecule has 0 saturated carbocycles. The highest BCUT2D eigenvalue weighted by atomic mass is 16.6.